The second-order valence-corrected chi connectivity index (χ2v) is 5.87. The van der Waals surface area contributed by atoms with Gasteiger partial charge in [-0.25, -0.2) is 0 Å². The van der Waals surface area contributed by atoms with Crippen molar-refractivity contribution in [2.24, 2.45) is 0 Å². The van der Waals surface area contributed by atoms with Crippen molar-refractivity contribution in [2.45, 2.75) is 52.2 Å². The maximum absolute atomic E-state index is 3.76. The summed E-state index contributed by atoms with van der Waals surface area (Å²) in [5.74, 6) is 0. The van der Waals surface area contributed by atoms with Crippen molar-refractivity contribution in [3.63, 3.8) is 0 Å². The number of nitrogens with one attached hydrogen (secondary N) is 1. The molecule has 0 aliphatic carbocycles. The quantitative estimate of drug-likeness (QED) is 0.878. The Morgan fingerprint density at radius 1 is 1.17 bits per heavy atom. The van der Waals surface area contributed by atoms with Gasteiger partial charge in [0, 0.05) is 24.7 Å². The molecule has 0 bridgehead atoms. The summed E-state index contributed by atoms with van der Waals surface area (Å²) in [6.45, 7) is 11.4. The van der Waals surface area contributed by atoms with Gasteiger partial charge in [-0.1, -0.05) is 29.8 Å². The molecule has 1 saturated heterocycles. The molecule has 2 unspecified atom stereocenters. The average molecular weight is 246 g/mol. The topological polar surface area (TPSA) is 15.3 Å². The van der Waals surface area contributed by atoms with E-state index in [0.29, 0.717) is 18.1 Å². The largest absolute Gasteiger partial charge is 0.306 e. The maximum atomic E-state index is 3.76. The molecule has 0 spiro atoms. The summed E-state index contributed by atoms with van der Waals surface area (Å²) in [6.07, 6.45) is 1.27. The molecule has 1 aromatic rings. The summed E-state index contributed by atoms with van der Waals surface area (Å²) in [4.78, 5) is 2.56. The van der Waals surface area contributed by atoms with Crippen molar-refractivity contribution in [2.75, 3.05) is 13.1 Å². The normalized spacial score (nSPS) is 22.6. The van der Waals surface area contributed by atoms with E-state index in [-0.39, 0.29) is 0 Å². The van der Waals surface area contributed by atoms with Crippen LogP contribution in [0.15, 0.2) is 24.3 Å². The minimum atomic E-state index is 0.447. The number of nitrogens with zero attached hydrogens (tertiary/aromatic N) is 1. The molecule has 0 saturated carbocycles. The Morgan fingerprint density at radius 2 is 1.83 bits per heavy atom. The summed E-state index contributed by atoms with van der Waals surface area (Å²) >= 11 is 0. The second kappa shape index (κ2) is 5.85. The third-order valence-electron chi connectivity index (χ3n) is 4.01. The van der Waals surface area contributed by atoms with Crippen LogP contribution in [0.4, 0.5) is 0 Å². The minimum absolute atomic E-state index is 0.447. The molecule has 18 heavy (non-hydrogen) atoms. The predicted octanol–water partition coefficient (Wildman–Crippen LogP) is 3.13. The smallest absolute Gasteiger partial charge is 0.0294 e. The summed E-state index contributed by atoms with van der Waals surface area (Å²) in [6, 6.07) is 10.6. The third-order valence-corrected chi connectivity index (χ3v) is 4.01. The van der Waals surface area contributed by atoms with Crippen LogP contribution >= 0.6 is 0 Å². The molecule has 0 radical (unpaired) electrons. The average Bonchev–Trinajstić information content (AvgIpc) is 2.78. The number of benzene rings is 1. The lowest BCUT2D eigenvalue weighted by Crippen LogP contribution is -2.36. The number of likely N-dealkylation sites (tertiary alicyclic amines) is 1. The van der Waals surface area contributed by atoms with Gasteiger partial charge in [-0.05, 0) is 46.2 Å². The first kappa shape index (κ1) is 13.6. The standard InChI is InChI=1S/C16H26N2/c1-12(2)18-10-9-16(11-18)17-14(4)15-7-5-13(3)6-8-15/h5-8,12,14,16-17H,9-11H2,1-4H3. The fourth-order valence-electron chi connectivity index (χ4n) is 2.70. The molecule has 1 heterocycles. The van der Waals surface area contributed by atoms with Crippen molar-refractivity contribution in [3.05, 3.63) is 35.4 Å². The van der Waals surface area contributed by atoms with E-state index in [2.05, 4.69) is 62.2 Å². The van der Waals surface area contributed by atoms with Gasteiger partial charge in [0.05, 0.1) is 0 Å². The van der Waals surface area contributed by atoms with E-state index >= 15 is 0 Å². The van der Waals surface area contributed by atoms with Gasteiger partial charge in [0.2, 0.25) is 0 Å². The lowest BCUT2D eigenvalue weighted by atomic mass is 10.1. The molecule has 2 nitrogen and oxygen atoms in total. The van der Waals surface area contributed by atoms with Crippen LogP contribution in [0.2, 0.25) is 0 Å². The van der Waals surface area contributed by atoms with E-state index in [0.717, 1.165) is 0 Å². The zero-order chi connectivity index (χ0) is 13.1. The zero-order valence-electron chi connectivity index (χ0n) is 12.1. The van der Waals surface area contributed by atoms with Gasteiger partial charge in [0.15, 0.2) is 0 Å². The highest BCUT2D eigenvalue weighted by Crippen LogP contribution is 2.18. The van der Waals surface area contributed by atoms with E-state index in [1.54, 1.807) is 0 Å². The lowest BCUT2D eigenvalue weighted by molar-refractivity contribution is 0.266. The molecule has 2 rings (SSSR count). The van der Waals surface area contributed by atoms with Gasteiger partial charge in [0.25, 0.3) is 0 Å². The first-order valence-corrected chi connectivity index (χ1v) is 7.13. The first-order valence-electron chi connectivity index (χ1n) is 7.13. The zero-order valence-corrected chi connectivity index (χ0v) is 12.1. The van der Waals surface area contributed by atoms with Crippen molar-refractivity contribution in [3.8, 4) is 0 Å². The highest BCUT2D eigenvalue weighted by atomic mass is 15.2. The van der Waals surface area contributed by atoms with Gasteiger partial charge in [-0.15, -0.1) is 0 Å². The Kier molecular flexibility index (Phi) is 4.41. The SMILES string of the molecule is Cc1ccc(C(C)NC2CCN(C(C)C)C2)cc1. The van der Waals surface area contributed by atoms with Crippen molar-refractivity contribution < 1.29 is 0 Å². The van der Waals surface area contributed by atoms with Crippen LogP contribution in [0.3, 0.4) is 0 Å². The molecular weight excluding hydrogens is 220 g/mol. The predicted molar refractivity (Wildman–Crippen MR) is 77.8 cm³/mol. The van der Waals surface area contributed by atoms with Gasteiger partial charge >= 0.3 is 0 Å². The van der Waals surface area contributed by atoms with Gasteiger partial charge in [-0.3, -0.25) is 4.90 Å². The Hall–Kier alpha value is -0.860. The van der Waals surface area contributed by atoms with Crippen molar-refractivity contribution >= 4 is 0 Å². The summed E-state index contributed by atoms with van der Waals surface area (Å²) < 4.78 is 0. The Balaban J connectivity index is 1.88. The van der Waals surface area contributed by atoms with Crippen LogP contribution in [0, 0.1) is 6.92 Å². The van der Waals surface area contributed by atoms with Crippen LogP contribution in [-0.2, 0) is 0 Å². The fraction of sp³-hybridized carbons (Fsp3) is 0.625. The van der Waals surface area contributed by atoms with Crippen LogP contribution in [0.1, 0.15) is 44.4 Å². The fourth-order valence-corrected chi connectivity index (χ4v) is 2.70. The van der Waals surface area contributed by atoms with E-state index in [1.807, 2.05) is 0 Å². The van der Waals surface area contributed by atoms with Gasteiger partial charge in [0.1, 0.15) is 0 Å². The van der Waals surface area contributed by atoms with Crippen molar-refractivity contribution in [1.82, 2.24) is 10.2 Å². The first-order chi connectivity index (χ1) is 8.56. The van der Waals surface area contributed by atoms with E-state index in [1.165, 1.54) is 30.6 Å². The van der Waals surface area contributed by atoms with E-state index < -0.39 is 0 Å². The van der Waals surface area contributed by atoms with Gasteiger partial charge < -0.3 is 5.32 Å². The molecular formula is C16H26N2. The molecule has 1 fully saturated rings. The number of aryl methyl sites for hydroxylation is 1. The van der Waals surface area contributed by atoms with Gasteiger partial charge in [-0.2, -0.15) is 0 Å². The lowest BCUT2D eigenvalue weighted by Gasteiger charge is -2.23. The molecule has 0 aromatic heterocycles. The molecule has 100 valence electrons. The highest BCUT2D eigenvalue weighted by molar-refractivity contribution is 5.23. The second-order valence-electron chi connectivity index (χ2n) is 5.87. The molecule has 2 atom stereocenters. The molecule has 1 N–H and O–H groups in total. The highest BCUT2D eigenvalue weighted by Gasteiger charge is 2.25. The number of hydrogen-bond acceptors (Lipinski definition) is 2. The summed E-state index contributed by atoms with van der Waals surface area (Å²) in [5, 5.41) is 3.76. The Morgan fingerprint density at radius 3 is 2.39 bits per heavy atom. The summed E-state index contributed by atoms with van der Waals surface area (Å²) in [7, 11) is 0. The third kappa shape index (κ3) is 3.33. The molecule has 0 amide bonds. The number of hydrogen-bond donors (Lipinski definition) is 1. The van der Waals surface area contributed by atoms with Crippen LogP contribution < -0.4 is 5.32 Å². The minimum Gasteiger partial charge on any atom is -0.306 e. The molecule has 1 aliphatic heterocycles. The number of rotatable bonds is 4. The van der Waals surface area contributed by atoms with Crippen LogP contribution in [0.5, 0.6) is 0 Å². The summed E-state index contributed by atoms with van der Waals surface area (Å²) in [5.41, 5.74) is 2.72. The van der Waals surface area contributed by atoms with Crippen LogP contribution in [0.25, 0.3) is 0 Å². The Labute approximate surface area is 111 Å². The molecule has 1 aromatic carbocycles. The molecule has 2 heteroatoms. The van der Waals surface area contributed by atoms with Crippen molar-refractivity contribution in [1.29, 1.82) is 0 Å². The van der Waals surface area contributed by atoms with Crippen LogP contribution in [-0.4, -0.2) is 30.1 Å². The maximum Gasteiger partial charge on any atom is 0.0294 e. The van der Waals surface area contributed by atoms with E-state index in [9.17, 15) is 0 Å². The molecule has 1 aliphatic rings. The van der Waals surface area contributed by atoms with E-state index in [4.69, 9.17) is 0 Å². The monoisotopic (exact) mass is 246 g/mol. The Bertz CT molecular complexity index is 369.